The Labute approximate surface area is 132 Å². The number of amides is 1. The summed E-state index contributed by atoms with van der Waals surface area (Å²) in [6.45, 7) is 1.09. The van der Waals surface area contributed by atoms with Crippen molar-refractivity contribution in [2.75, 3.05) is 13.1 Å². The summed E-state index contributed by atoms with van der Waals surface area (Å²) >= 11 is 0. The SMILES string of the molecule is O=C(c1cc(=O)[nH]c(C2CC2)n1)N1CCC=C(c2ccco2)C1. The molecule has 0 radical (unpaired) electrons. The Hall–Kier alpha value is -2.63. The highest BCUT2D eigenvalue weighted by molar-refractivity contribution is 5.93. The van der Waals surface area contributed by atoms with Crippen LogP contribution in [-0.4, -0.2) is 33.9 Å². The molecule has 2 aromatic rings. The number of nitrogens with one attached hydrogen (secondary N) is 1. The molecule has 1 aliphatic carbocycles. The van der Waals surface area contributed by atoms with Gasteiger partial charge in [-0.3, -0.25) is 9.59 Å². The van der Waals surface area contributed by atoms with Crippen LogP contribution in [0.4, 0.5) is 0 Å². The predicted octanol–water partition coefficient (Wildman–Crippen LogP) is 2.17. The van der Waals surface area contributed by atoms with Gasteiger partial charge in [-0.2, -0.15) is 0 Å². The molecule has 4 rings (SSSR count). The fourth-order valence-corrected chi connectivity index (χ4v) is 2.86. The van der Waals surface area contributed by atoms with Gasteiger partial charge in [0.1, 0.15) is 17.3 Å². The molecular weight excluding hydrogens is 294 g/mol. The summed E-state index contributed by atoms with van der Waals surface area (Å²) in [5.41, 5.74) is 0.960. The van der Waals surface area contributed by atoms with E-state index in [-0.39, 0.29) is 17.2 Å². The lowest BCUT2D eigenvalue weighted by atomic mass is 10.1. The average molecular weight is 311 g/mol. The molecule has 0 atom stereocenters. The van der Waals surface area contributed by atoms with Crippen LogP contribution in [-0.2, 0) is 0 Å². The molecule has 6 nitrogen and oxygen atoms in total. The highest BCUT2D eigenvalue weighted by atomic mass is 16.3. The van der Waals surface area contributed by atoms with Gasteiger partial charge in [0.25, 0.3) is 11.5 Å². The second-order valence-corrected chi connectivity index (χ2v) is 6.01. The molecule has 1 aliphatic heterocycles. The van der Waals surface area contributed by atoms with Gasteiger partial charge in [0.05, 0.1) is 6.26 Å². The average Bonchev–Trinajstić information content (AvgIpc) is 3.28. The molecule has 23 heavy (non-hydrogen) atoms. The van der Waals surface area contributed by atoms with Gasteiger partial charge in [-0.05, 0) is 31.4 Å². The van der Waals surface area contributed by atoms with Crippen LogP contribution in [0.2, 0.25) is 0 Å². The molecule has 118 valence electrons. The number of hydrogen-bond acceptors (Lipinski definition) is 4. The Morgan fingerprint density at radius 3 is 3.00 bits per heavy atom. The number of aromatic nitrogens is 2. The fourth-order valence-electron chi connectivity index (χ4n) is 2.86. The molecular formula is C17H17N3O3. The summed E-state index contributed by atoms with van der Waals surface area (Å²) in [4.78, 5) is 33.3. The molecule has 2 aromatic heterocycles. The van der Waals surface area contributed by atoms with E-state index in [1.54, 1.807) is 11.2 Å². The van der Waals surface area contributed by atoms with E-state index in [9.17, 15) is 9.59 Å². The maximum Gasteiger partial charge on any atom is 0.273 e. The molecule has 3 heterocycles. The van der Waals surface area contributed by atoms with Crippen molar-refractivity contribution < 1.29 is 9.21 Å². The lowest BCUT2D eigenvalue weighted by Gasteiger charge is -2.26. The monoisotopic (exact) mass is 311 g/mol. The molecule has 0 bridgehead atoms. The summed E-state index contributed by atoms with van der Waals surface area (Å²) in [6.07, 6.45) is 6.52. The molecule has 1 saturated carbocycles. The van der Waals surface area contributed by atoms with E-state index in [0.29, 0.717) is 24.8 Å². The number of furan rings is 1. The van der Waals surface area contributed by atoms with Gasteiger partial charge in [-0.1, -0.05) is 6.08 Å². The molecule has 1 N–H and O–H groups in total. The quantitative estimate of drug-likeness (QED) is 0.942. The summed E-state index contributed by atoms with van der Waals surface area (Å²) in [6, 6.07) is 5.01. The van der Waals surface area contributed by atoms with Crippen molar-refractivity contribution in [3.8, 4) is 0 Å². The van der Waals surface area contributed by atoms with E-state index >= 15 is 0 Å². The standard InChI is InChI=1S/C17H17N3O3/c21-15-9-13(18-16(19-15)11-5-6-11)17(22)20-7-1-3-12(10-20)14-4-2-8-23-14/h2-4,8-9,11H,1,5-7,10H2,(H,18,19,21). The summed E-state index contributed by atoms with van der Waals surface area (Å²) in [5, 5.41) is 0. The van der Waals surface area contributed by atoms with Gasteiger partial charge < -0.3 is 14.3 Å². The Kier molecular flexibility index (Phi) is 3.37. The van der Waals surface area contributed by atoms with Crippen LogP contribution in [0.15, 0.2) is 39.7 Å². The van der Waals surface area contributed by atoms with Gasteiger partial charge in [0, 0.05) is 30.6 Å². The number of hydrogen-bond donors (Lipinski definition) is 1. The van der Waals surface area contributed by atoms with E-state index in [4.69, 9.17) is 4.42 Å². The molecule has 0 spiro atoms. The van der Waals surface area contributed by atoms with Crippen molar-refractivity contribution in [1.82, 2.24) is 14.9 Å². The van der Waals surface area contributed by atoms with E-state index in [2.05, 4.69) is 16.0 Å². The van der Waals surface area contributed by atoms with Crippen LogP contribution < -0.4 is 5.56 Å². The molecule has 0 unspecified atom stereocenters. The lowest BCUT2D eigenvalue weighted by molar-refractivity contribution is 0.0767. The van der Waals surface area contributed by atoms with Gasteiger partial charge in [-0.15, -0.1) is 0 Å². The minimum Gasteiger partial charge on any atom is -0.465 e. The maximum absolute atomic E-state index is 12.7. The Bertz CT molecular complexity index is 816. The summed E-state index contributed by atoms with van der Waals surface area (Å²) in [7, 11) is 0. The summed E-state index contributed by atoms with van der Waals surface area (Å²) in [5.74, 6) is 1.52. The topological polar surface area (TPSA) is 79.2 Å². The van der Waals surface area contributed by atoms with Crippen molar-refractivity contribution in [1.29, 1.82) is 0 Å². The van der Waals surface area contributed by atoms with Crippen molar-refractivity contribution in [3.05, 3.63) is 58.2 Å². The van der Waals surface area contributed by atoms with Crippen LogP contribution in [0.3, 0.4) is 0 Å². The van der Waals surface area contributed by atoms with Crippen molar-refractivity contribution in [3.63, 3.8) is 0 Å². The largest absolute Gasteiger partial charge is 0.465 e. The minimum absolute atomic E-state index is 0.199. The highest BCUT2D eigenvalue weighted by Gasteiger charge is 2.28. The van der Waals surface area contributed by atoms with Crippen molar-refractivity contribution in [2.24, 2.45) is 0 Å². The first-order chi connectivity index (χ1) is 11.2. The van der Waals surface area contributed by atoms with Crippen LogP contribution >= 0.6 is 0 Å². The second kappa shape index (κ2) is 5.53. The first-order valence-corrected chi connectivity index (χ1v) is 7.84. The predicted molar refractivity (Wildman–Crippen MR) is 84.0 cm³/mol. The first-order valence-electron chi connectivity index (χ1n) is 7.84. The van der Waals surface area contributed by atoms with Crippen LogP contribution in [0.5, 0.6) is 0 Å². The third-order valence-corrected chi connectivity index (χ3v) is 4.22. The number of H-pyrrole nitrogens is 1. The van der Waals surface area contributed by atoms with Crippen LogP contribution in [0, 0.1) is 0 Å². The van der Waals surface area contributed by atoms with Gasteiger partial charge in [0.2, 0.25) is 0 Å². The van der Waals surface area contributed by atoms with E-state index in [1.165, 1.54) is 6.07 Å². The second-order valence-electron chi connectivity index (χ2n) is 6.01. The van der Waals surface area contributed by atoms with Crippen LogP contribution in [0.1, 0.15) is 47.3 Å². The van der Waals surface area contributed by atoms with Gasteiger partial charge >= 0.3 is 0 Å². The zero-order valence-electron chi connectivity index (χ0n) is 12.6. The summed E-state index contributed by atoms with van der Waals surface area (Å²) < 4.78 is 5.41. The smallest absolute Gasteiger partial charge is 0.273 e. The van der Waals surface area contributed by atoms with Crippen molar-refractivity contribution >= 4 is 11.5 Å². The van der Waals surface area contributed by atoms with Crippen molar-refractivity contribution in [2.45, 2.75) is 25.2 Å². The van der Waals surface area contributed by atoms with Gasteiger partial charge in [-0.25, -0.2) is 4.98 Å². The number of carbonyl (C=O) groups is 1. The molecule has 2 aliphatic rings. The third kappa shape index (κ3) is 2.84. The zero-order valence-corrected chi connectivity index (χ0v) is 12.6. The normalized spacial score (nSPS) is 17.9. The lowest BCUT2D eigenvalue weighted by Crippen LogP contribution is -2.36. The molecule has 0 saturated heterocycles. The van der Waals surface area contributed by atoms with Crippen LogP contribution in [0.25, 0.3) is 5.57 Å². The Morgan fingerprint density at radius 2 is 2.26 bits per heavy atom. The maximum atomic E-state index is 12.7. The molecule has 6 heteroatoms. The Morgan fingerprint density at radius 1 is 1.39 bits per heavy atom. The molecule has 1 fully saturated rings. The fraction of sp³-hybridized carbons (Fsp3) is 0.353. The Balaban J connectivity index is 1.57. The molecule has 0 aromatic carbocycles. The number of nitrogens with zero attached hydrogens (tertiary/aromatic N) is 2. The first kappa shape index (κ1) is 14.0. The van der Waals surface area contributed by atoms with Gasteiger partial charge in [0.15, 0.2) is 0 Å². The minimum atomic E-state index is -0.260. The number of aromatic amines is 1. The third-order valence-electron chi connectivity index (χ3n) is 4.22. The number of rotatable bonds is 3. The van der Waals surface area contributed by atoms with E-state index in [1.807, 2.05) is 12.1 Å². The highest BCUT2D eigenvalue weighted by Crippen LogP contribution is 2.37. The number of carbonyl (C=O) groups excluding carboxylic acids is 1. The molecule has 1 amide bonds. The van der Waals surface area contributed by atoms with E-state index in [0.717, 1.165) is 30.6 Å². The van der Waals surface area contributed by atoms with E-state index < -0.39 is 0 Å². The zero-order chi connectivity index (χ0) is 15.8.